The maximum Gasteiger partial charge on any atom is 0.242 e. The maximum atomic E-state index is 12.0. The Bertz CT molecular complexity index is 427. The SMILES string of the molecule is C=CCN(CC=C)C(=O)CNc1ccc(CCC)cc1. The van der Waals surface area contributed by atoms with Crippen molar-refractivity contribution in [2.45, 2.75) is 19.8 Å². The Morgan fingerprint density at radius 1 is 1.20 bits per heavy atom. The molecule has 0 aliphatic carbocycles. The van der Waals surface area contributed by atoms with Crippen molar-refractivity contribution >= 4 is 11.6 Å². The van der Waals surface area contributed by atoms with Crippen LogP contribution in [0.3, 0.4) is 0 Å². The number of carbonyl (C=O) groups is 1. The molecule has 20 heavy (non-hydrogen) atoms. The molecule has 1 rings (SSSR count). The van der Waals surface area contributed by atoms with E-state index in [4.69, 9.17) is 0 Å². The van der Waals surface area contributed by atoms with E-state index >= 15 is 0 Å². The molecular weight excluding hydrogens is 248 g/mol. The van der Waals surface area contributed by atoms with Crippen LogP contribution >= 0.6 is 0 Å². The summed E-state index contributed by atoms with van der Waals surface area (Å²) < 4.78 is 0. The van der Waals surface area contributed by atoms with Gasteiger partial charge in [-0.05, 0) is 24.1 Å². The number of benzene rings is 1. The molecule has 3 nitrogen and oxygen atoms in total. The highest BCUT2D eigenvalue weighted by Gasteiger charge is 2.09. The van der Waals surface area contributed by atoms with Crippen LogP contribution in [-0.2, 0) is 11.2 Å². The maximum absolute atomic E-state index is 12.0. The zero-order valence-corrected chi connectivity index (χ0v) is 12.3. The van der Waals surface area contributed by atoms with E-state index in [0.29, 0.717) is 13.1 Å². The number of nitrogens with one attached hydrogen (secondary N) is 1. The van der Waals surface area contributed by atoms with E-state index in [0.717, 1.165) is 18.5 Å². The van der Waals surface area contributed by atoms with Crippen LogP contribution in [0.5, 0.6) is 0 Å². The quantitative estimate of drug-likeness (QED) is 0.700. The van der Waals surface area contributed by atoms with Gasteiger partial charge in [-0.1, -0.05) is 37.6 Å². The lowest BCUT2D eigenvalue weighted by molar-refractivity contribution is -0.128. The van der Waals surface area contributed by atoms with Crippen LogP contribution in [0.1, 0.15) is 18.9 Å². The van der Waals surface area contributed by atoms with Gasteiger partial charge in [0, 0.05) is 18.8 Å². The topological polar surface area (TPSA) is 32.3 Å². The van der Waals surface area contributed by atoms with Gasteiger partial charge in [0.25, 0.3) is 0 Å². The molecule has 0 aliphatic heterocycles. The van der Waals surface area contributed by atoms with Gasteiger partial charge in [-0.15, -0.1) is 13.2 Å². The molecule has 0 saturated carbocycles. The third kappa shape index (κ3) is 5.31. The van der Waals surface area contributed by atoms with Crippen LogP contribution in [0, 0.1) is 0 Å². The van der Waals surface area contributed by atoms with Crippen molar-refractivity contribution in [1.82, 2.24) is 4.90 Å². The largest absolute Gasteiger partial charge is 0.376 e. The van der Waals surface area contributed by atoms with Gasteiger partial charge < -0.3 is 10.2 Å². The van der Waals surface area contributed by atoms with Crippen molar-refractivity contribution in [3.8, 4) is 0 Å². The molecular formula is C17H24N2O. The Morgan fingerprint density at radius 3 is 2.30 bits per heavy atom. The molecule has 0 heterocycles. The number of carbonyl (C=O) groups excluding carboxylic acids is 1. The molecule has 0 atom stereocenters. The molecule has 0 bridgehead atoms. The third-order valence-electron chi connectivity index (χ3n) is 2.99. The molecule has 0 spiro atoms. The minimum absolute atomic E-state index is 0.0439. The van der Waals surface area contributed by atoms with E-state index in [1.807, 2.05) is 12.1 Å². The molecule has 0 aliphatic rings. The van der Waals surface area contributed by atoms with E-state index in [1.54, 1.807) is 17.1 Å². The van der Waals surface area contributed by atoms with Gasteiger partial charge >= 0.3 is 0 Å². The Labute approximate surface area is 122 Å². The summed E-state index contributed by atoms with van der Waals surface area (Å²) in [4.78, 5) is 13.7. The number of hydrogen-bond acceptors (Lipinski definition) is 2. The molecule has 0 saturated heterocycles. The van der Waals surface area contributed by atoms with E-state index in [9.17, 15) is 4.79 Å². The average Bonchev–Trinajstić information content (AvgIpc) is 2.46. The molecule has 0 radical (unpaired) electrons. The average molecular weight is 272 g/mol. The molecule has 1 aromatic carbocycles. The highest BCUT2D eigenvalue weighted by molar-refractivity contribution is 5.81. The first-order chi connectivity index (χ1) is 9.71. The Kier molecular flexibility index (Phi) is 7.18. The minimum Gasteiger partial charge on any atom is -0.376 e. The Hall–Kier alpha value is -2.03. The van der Waals surface area contributed by atoms with Gasteiger partial charge in [-0.25, -0.2) is 0 Å². The predicted molar refractivity (Wildman–Crippen MR) is 85.9 cm³/mol. The van der Waals surface area contributed by atoms with Crippen LogP contribution in [-0.4, -0.2) is 30.4 Å². The summed E-state index contributed by atoms with van der Waals surface area (Å²) in [5.41, 5.74) is 2.29. The summed E-state index contributed by atoms with van der Waals surface area (Å²) in [5, 5.41) is 3.15. The number of rotatable bonds is 9. The zero-order valence-electron chi connectivity index (χ0n) is 12.3. The van der Waals surface area contributed by atoms with Gasteiger partial charge in [-0.2, -0.15) is 0 Å². The number of hydrogen-bond donors (Lipinski definition) is 1. The van der Waals surface area contributed by atoms with Crippen molar-refractivity contribution in [2.75, 3.05) is 25.0 Å². The first-order valence-electron chi connectivity index (χ1n) is 7.03. The van der Waals surface area contributed by atoms with Crippen LogP contribution in [0.25, 0.3) is 0 Å². The van der Waals surface area contributed by atoms with Gasteiger partial charge in [0.05, 0.1) is 6.54 Å². The van der Waals surface area contributed by atoms with Gasteiger partial charge in [0.15, 0.2) is 0 Å². The summed E-state index contributed by atoms with van der Waals surface area (Å²) in [6.45, 7) is 10.9. The molecule has 0 fully saturated rings. The lowest BCUT2D eigenvalue weighted by Crippen LogP contribution is -2.35. The molecule has 3 heteroatoms. The number of anilines is 1. The van der Waals surface area contributed by atoms with Crippen LogP contribution in [0.4, 0.5) is 5.69 Å². The fourth-order valence-electron chi connectivity index (χ4n) is 1.96. The summed E-state index contributed by atoms with van der Waals surface area (Å²) in [5.74, 6) is 0.0439. The van der Waals surface area contributed by atoms with E-state index in [1.165, 1.54) is 5.56 Å². The second-order valence-electron chi connectivity index (χ2n) is 4.68. The first-order valence-corrected chi connectivity index (χ1v) is 7.03. The van der Waals surface area contributed by atoms with Crippen molar-refractivity contribution < 1.29 is 4.79 Å². The second-order valence-corrected chi connectivity index (χ2v) is 4.68. The van der Waals surface area contributed by atoms with Crippen molar-refractivity contribution in [1.29, 1.82) is 0 Å². The smallest absolute Gasteiger partial charge is 0.242 e. The van der Waals surface area contributed by atoms with Crippen molar-refractivity contribution in [3.05, 3.63) is 55.1 Å². The number of aryl methyl sites for hydroxylation is 1. The van der Waals surface area contributed by atoms with E-state index in [-0.39, 0.29) is 12.5 Å². The third-order valence-corrected chi connectivity index (χ3v) is 2.99. The Balaban J connectivity index is 2.50. The normalized spacial score (nSPS) is 9.85. The van der Waals surface area contributed by atoms with Crippen molar-refractivity contribution in [2.24, 2.45) is 0 Å². The lowest BCUT2D eigenvalue weighted by Gasteiger charge is -2.19. The van der Waals surface area contributed by atoms with Crippen LogP contribution in [0.15, 0.2) is 49.6 Å². The molecule has 0 unspecified atom stereocenters. The lowest BCUT2D eigenvalue weighted by atomic mass is 10.1. The standard InChI is InChI=1S/C17H24N2O/c1-4-7-15-8-10-16(11-9-15)18-14-17(20)19(12-5-2)13-6-3/h5-6,8-11,18H,2-4,7,12-14H2,1H3. The van der Waals surface area contributed by atoms with Crippen LogP contribution < -0.4 is 5.32 Å². The highest BCUT2D eigenvalue weighted by atomic mass is 16.2. The van der Waals surface area contributed by atoms with Crippen molar-refractivity contribution in [3.63, 3.8) is 0 Å². The van der Waals surface area contributed by atoms with Crippen LogP contribution in [0.2, 0.25) is 0 Å². The Morgan fingerprint density at radius 2 is 1.80 bits per heavy atom. The molecule has 1 amide bonds. The molecule has 1 N–H and O–H groups in total. The van der Waals surface area contributed by atoms with E-state index in [2.05, 4.69) is 37.5 Å². The predicted octanol–water partition coefficient (Wildman–Crippen LogP) is 3.25. The number of nitrogens with zero attached hydrogens (tertiary/aromatic N) is 1. The summed E-state index contributed by atoms with van der Waals surface area (Å²) in [6, 6.07) is 8.23. The minimum atomic E-state index is 0.0439. The molecule has 0 aromatic heterocycles. The molecule has 1 aromatic rings. The fraction of sp³-hybridized carbons (Fsp3) is 0.353. The zero-order chi connectivity index (χ0) is 14.8. The molecule has 108 valence electrons. The summed E-state index contributed by atoms with van der Waals surface area (Å²) in [7, 11) is 0. The summed E-state index contributed by atoms with van der Waals surface area (Å²) >= 11 is 0. The fourth-order valence-corrected chi connectivity index (χ4v) is 1.96. The van der Waals surface area contributed by atoms with E-state index < -0.39 is 0 Å². The highest BCUT2D eigenvalue weighted by Crippen LogP contribution is 2.10. The van der Waals surface area contributed by atoms with Gasteiger partial charge in [-0.3, -0.25) is 4.79 Å². The monoisotopic (exact) mass is 272 g/mol. The first kappa shape index (κ1) is 16.0. The van der Waals surface area contributed by atoms with Gasteiger partial charge in [0.2, 0.25) is 5.91 Å². The second kappa shape index (κ2) is 8.97. The summed E-state index contributed by atoms with van der Waals surface area (Å²) in [6.07, 6.45) is 5.68. The number of amides is 1. The van der Waals surface area contributed by atoms with Gasteiger partial charge in [0.1, 0.15) is 0 Å².